The van der Waals surface area contributed by atoms with Gasteiger partial charge in [0.15, 0.2) is 24.7 Å². The van der Waals surface area contributed by atoms with E-state index in [-0.39, 0.29) is 23.0 Å². The molecule has 4 aliphatic carbocycles. The molecule has 17 heteroatoms. The summed E-state index contributed by atoms with van der Waals surface area (Å²) in [6, 6.07) is 0. The van der Waals surface area contributed by atoms with Crippen LogP contribution >= 0.6 is 0 Å². The molecular formula is C45H74O17. The molecule has 0 unspecified atom stereocenters. The minimum Gasteiger partial charge on any atom is -0.394 e. The highest BCUT2D eigenvalue weighted by Gasteiger charge is 2.69. The van der Waals surface area contributed by atoms with Crippen LogP contribution in [0, 0.1) is 52.3 Å². The maximum atomic E-state index is 11.6. The molecule has 5 saturated heterocycles. The van der Waals surface area contributed by atoms with E-state index in [1.165, 1.54) is 19.8 Å². The van der Waals surface area contributed by atoms with Crippen molar-refractivity contribution in [3.05, 3.63) is 0 Å². The highest BCUT2D eigenvalue weighted by Crippen LogP contribution is 2.71. The third kappa shape index (κ3) is 7.66. The molecule has 0 bridgehead atoms. The summed E-state index contributed by atoms with van der Waals surface area (Å²) in [6.45, 7) is 10.8. The summed E-state index contributed by atoms with van der Waals surface area (Å²) in [6.07, 6.45) is -12.3. The third-order valence-electron chi connectivity index (χ3n) is 18.2. The van der Waals surface area contributed by atoms with Crippen LogP contribution in [0.25, 0.3) is 0 Å². The molecule has 1 spiro atoms. The van der Waals surface area contributed by atoms with Gasteiger partial charge in [0.1, 0.15) is 67.1 Å². The van der Waals surface area contributed by atoms with E-state index in [1.807, 2.05) is 0 Å². The molecule has 356 valence electrons. The molecule has 9 rings (SSSR count). The number of fused-ring (bicyclic) bond motifs is 7. The molecule has 9 aliphatic rings. The summed E-state index contributed by atoms with van der Waals surface area (Å²) in [7, 11) is 0. The molecule has 0 aromatic rings. The topological polar surface area (TPSA) is 256 Å². The summed E-state index contributed by atoms with van der Waals surface area (Å²) in [4.78, 5) is 0. The van der Waals surface area contributed by atoms with E-state index in [2.05, 4.69) is 27.7 Å². The largest absolute Gasteiger partial charge is 0.394 e. The zero-order chi connectivity index (χ0) is 44.2. The molecule has 4 saturated carbocycles. The lowest BCUT2D eigenvalue weighted by atomic mass is 9.44. The summed E-state index contributed by atoms with van der Waals surface area (Å²) in [5, 5.41) is 95.7. The second kappa shape index (κ2) is 17.4. The van der Waals surface area contributed by atoms with Gasteiger partial charge in [-0.3, -0.25) is 0 Å². The Hall–Kier alpha value is -0.680. The summed E-state index contributed by atoms with van der Waals surface area (Å²) < 4.78 is 49.4. The zero-order valence-electron chi connectivity index (χ0n) is 36.8. The number of hydrogen-bond donors (Lipinski definition) is 9. The van der Waals surface area contributed by atoms with Crippen molar-refractivity contribution in [2.24, 2.45) is 52.3 Å². The van der Waals surface area contributed by atoms with E-state index >= 15 is 0 Å². The highest BCUT2D eigenvalue weighted by molar-refractivity contribution is 5.15. The monoisotopic (exact) mass is 886 g/mol. The fourth-order valence-electron chi connectivity index (χ4n) is 14.5. The van der Waals surface area contributed by atoms with Crippen molar-refractivity contribution in [2.75, 3.05) is 19.8 Å². The van der Waals surface area contributed by atoms with E-state index in [9.17, 15) is 46.0 Å². The molecule has 5 heterocycles. The Labute approximate surface area is 364 Å². The van der Waals surface area contributed by atoms with Crippen molar-refractivity contribution < 1.29 is 83.9 Å². The third-order valence-corrected chi connectivity index (χ3v) is 18.2. The Morgan fingerprint density at radius 2 is 1.29 bits per heavy atom. The van der Waals surface area contributed by atoms with Gasteiger partial charge in [0.05, 0.1) is 38.1 Å². The second-order valence-corrected chi connectivity index (χ2v) is 21.5. The molecular weight excluding hydrogens is 812 g/mol. The van der Waals surface area contributed by atoms with Gasteiger partial charge >= 0.3 is 0 Å². The molecule has 9 fully saturated rings. The van der Waals surface area contributed by atoms with Crippen molar-refractivity contribution in [3.8, 4) is 0 Å². The normalized spacial score (nSPS) is 58.9. The number of rotatable bonds is 8. The van der Waals surface area contributed by atoms with Crippen LogP contribution in [0.3, 0.4) is 0 Å². The number of hydrogen-bond acceptors (Lipinski definition) is 17. The van der Waals surface area contributed by atoms with Crippen LogP contribution in [0.4, 0.5) is 0 Å². The zero-order valence-corrected chi connectivity index (χ0v) is 36.8. The average molecular weight is 887 g/mol. The first-order valence-electron chi connectivity index (χ1n) is 23.7. The van der Waals surface area contributed by atoms with Crippen LogP contribution in [0.2, 0.25) is 0 Å². The number of ether oxygens (including phenoxy) is 8. The van der Waals surface area contributed by atoms with Gasteiger partial charge in [0.2, 0.25) is 0 Å². The van der Waals surface area contributed by atoms with Gasteiger partial charge in [-0.25, -0.2) is 0 Å². The summed E-state index contributed by atoms with van der Waals surface area (Å²) in [5.74, 6) is 3.27. The molecule has 62 heavy (non-hydrogen) atoms. The fourth-order valence-corrected chi connectivity index (χ4v) is 14.5. The lowest BCUT2D eigenvalue weighted by Crippen LogP contribution is -2.65. The Bertz CT molecular complexity index is 1550. The van der Waals surface area contributed by atoms with Crippen LogP contribution < -0.4 is 0 Å². The van der Waals surface area contributed by atoms with Crippen molar-refractivity contribution >= 4 is 0 Å². The highest BCUT2D eigenvalue weighted by atomic mass is 16.8. The van der Waals surface area contributed by atoms with Gasteiger partial charge in [0, 0.05) is 12.3 Å². The second-order valence-electron chi connectivity index (χ2n) is 21.5. The van der Waals surface area contributed by atoms with E-state index in [4.69, 9.17) is 37.9 Å². The predicted molar refractivity (Wildman–Crippen MR) is 214 cm³/mol. The van der Waals surface area contributed by atoms with Crippen LogP contribution in [0.1, 0.15) is 98.8 Å². The number of aliphatic hydroxyl groups excluding tert-OH is 9. The van der Waals surface area contributed by atoms with E-state index in [1.54, 1.807) is 0 Å². The summed E-state index contributed by atoms with van der Waals surface area (Å²) in [5.41, 5.74) is 0.353. The minimum atomic E-state index is -1.81. The lowest BCUT2D eigenvalue weighted by molar-refractivity contribution is -0.371. The van der Waals surface area contributed by atoms with Gasteiger partial charge in [-0.15, -0.1) is 0 Å². The average Bonchev–Trinajstić information content (AvgIpc) is 3.70. The Balaban J connectivity index is 0.866. The van der Waals surface area contributed by atoms with Gasteiger partial charge in [-0.2, -0.15) is 0 Å². The quantitative estimate of drug-likeness (QED) is 0.149. The van der Waals surface area contributed by atoms with Crippen LogP contribution in [-0.4, -0.2) is 176 Å². The van der Waals surface area contributed by atoms with Crippen LogP contribution in [0.15, 0.2) is 0 Å². The first-order valence-corrected chi connectivity index (χ1v) is 23.7. The summed E-state index contributed by atoms with van der Waals surface area (Å²) >= 11 is 0. The molecule has 5 aliphatic heterocycles. The molecule has 0 aromatic heterocycles. The molecule has 0 radical (unpaired) electrons. The van der Waals surface area contributed by atoms with Crippen molar-refractivity contribution in [1.82, 2.24) is 0 Å². The maximum Gasteiger partial charge on any atom is 0.187 e. The van der Waals surface area contributed by atoms with Crippen molar-refractivity contribution in [1.29, 1.82) is 0 Å². The smallest absolute Gasteiger partial charge is 0.187 e. The standard InChI is InChI=1S/C45H74O17/c1-19-8-13-45(56-17-19)20(2)30-27(62-45)15-26-24-7-6-22-14-23(9-11-43(22,4)25(24)10-12-44(26,30)5)58-41-38(54)35(51)39(61-42-37(53)34(50)32(48)28(16-46)59-42)29(60-41)18-55-40-36(52)33(49)31(47)21(3)57-40/h19-42,46-54H,6-18H2,1-5H3/t19-,20-,21-,22-,23-,24+,25-,26-,27-,28+,29+,30-,31-,32+,33+,34-,35+,36+,37+,38+,39+,40+,41+,42-,43-,44-,45+/m0/s1. The van der Waals surface area contributed by atoms with Gasteiger partial charge in [0.25, 0.3) is 0 Å². The van der Waals surface area contributed by atoms with E-state index < -0.39 is 111 Å². The molecule has 0 amide bonds. The fraction of sp³-hybridized carbons (Fsp3) is 1.00. The molecule has 27 atom stereocenters. The Morgan fingerprint density at radius 1 is 0.613 bits per heavy atom. The van der Waals surface area contributed by atoms with Crippen LogP contribution in [-0.2, 0) is 37.9 Å². The minimum absolute atomic E-state index is 0.125. The van der Waals surface area contributed by atoms with Crippen LogP contribution in [0.5, 0.6) is 0 Å². The first kappa shape index (κ1) is 46.4. The van der Waals surface area contributed by atoms with Crippen molar-refractivity contribution in [3.63, 3.8) is 0 Å². The molecule has 0 aromatic carbocycles. The first-order chi connectivity index (χ1) is 29.4. The van der Waals surface area contributed by atoms with E-state index in [0.29, 0.717) is 41.4 Å². The Kier molecular flexibility index (Phi) is 13.1. The SMILES string of the molecule is C[C@H]1CC[C@@]2(OC1)O[C@H]1C[C@H]3[C@@H]4CC[C@H]5C[C@@H](O[C@@H]6O[C@H](CO[C@@H]7O[C@@H](C)[C@H](O)[C@@H](O)[C@H]7O)[C@@H](O[C@@H]7O[C@H](CO)[C@@H](O)[C@H](O)[C@H]7O)[C@H](O)[C@H]6O)CC[C@]5(C)[C@H]4CC[C@]3(C)[C@H]1[C@@H]2C. The maximum absolute atomic E-state index is 11.6. The van der Waals surface area contributed by atoms with Gasteiger partial charge in [-0.1, -0.05) is 27.7 Å². The predicted octanol–water partition coefficient (Wildman–Crippen LogP) is 0.294. The molecule has 17 nitrogen and oxygen atoms in total. The molecule has 9 N–H and O–H groups in total. The Morgan fingerprint density at radius 3 is 2.02 bits per heavy atom. The van der Waals surface area contributed by atoms with Crippen molar-refractivity contribution in [2.45, 2.75) is 209 Å². The van der Waals surface area contributed by atoms with Gasteiger partial charge in [-0.05, 0) is 111 Å². The van der Waals surface area contributed by atoms with Gasteiger partial charge < -0.3 is 83.9 Å². The van der Waals surface area contributed by atoms with E-state index in [0.717, 1.165) is 58.0 Å². The number of aliphatic hydroxyl groups is 9. The lowest BCUT2D eigenvalue weighted by Gasteiger charge is -2.61.